The van der Waals surface area contributed by atoms with Crippen molar-refractivity contribution in [1.82, 2.24) is 4.90 Å². The lowest BCUT2D eigenvalue weighted by molar-refractivity contribution is -0.145. The Morgan fingerprint density at radius 3 is 2.33 bits per heavy atom. The van der Waals surface area contributed by atoms with E-state index >= 15 is 0 Å². The maximum absolute atomic E-state index is 12.4. The summed E-state index contributed by atoms with van der Waals surface area (Å²) in [5, 5.41) is 0. The smallest absolute Gasteiger partial charge is 0.251 e. The van der Waals surface area contributed by atoms with Crippen molar-refractivity contribution >= 4 is 5.91 Å². The van der Waals surface area contributed by atoms with Gasteiger partial charge in [0.05, 0.1) is 6.10 Å². The zero-order chi connectivity index (χ0) is 12.6. The van der Waals surface area contributed by atoms with Crippen molar-refractivity contribution in [3.05, 3.63) is 0 Å². The Morgan fingerprint density at radius 1 is 1.11 bits per heavy atom. The van der Waals surface area contributed by atoms with Crippen LogP contribution in [0.15, 0.2) is 0 Å². The molecule has 0 aromatic carbocycles. The molecular formula is C15H25NO2. The predicted octanol–water partition coefficient (Wildman–Crippen LogP) is 2.74. The molecule has 2 heterocycles. The summed E-state index contributed by atoms with van der Waals surface area (Å²) in [6, 6.07) is 0. The molecule has 1 amide bonds. The molecule has 1 saturated carbocycles. The molecule has 0 aromatic rings. The van der Waals surface area contributed by atoms with Gasteiger partial charge in [-0.1, -0.05) is 12.8 Å². The molecule has 2 saturated heterocycles. The summed E-state index contributed by atoms with van der Waals surface area (Å²) < 4.78 is 5.70. The van der Waals surface area contributed by atoms with E-state index < -0.39 is 0 Å². The average Bonchev–Trinajstić information content (AvgIpc) is 3.00. The zero-order valence-corrected chi connectivity index (χ0v) is 11.5. The first-order valence-corrected chi connectivity index (χ1v) is 7.63. The minimum atomic E-state index is -0.141. The molecule has 3 nitrogen and oxygen atoms in total. The molecule has 0 N–H and O–H groups in total. The molecule has 2 atom stereocenters. The van der Waals surface area contributed by atoms with Crippen molar-refractivity contribution < 1.29 is 9.53 Å². The topological polar surface area (TPSA) is 29.5 Å². The number of piperidine rings is 1. The van der Waals surface area contributed by atoms with E-state index in [-0.39, 0.29) is 18.1 Å². The minimum Gasteiger partial charge on any atom is -0.365 e. The second-order valence-corrected chi connectivity index (χ2v) is 6.55. The number of ether oxygens (including phenoxy) is 1. The van der Waals surface area contributed by atoms with E-state index in [2.05, 4.69) is 11.8 Å². The van der Waals surface area contributed by atoms with E-state index in [0.717, 1.165) is 25.9 Å². The Labute approximate surface area is 110 Å². The van der Waals surface area contributed by atoms with Crippen LogP contribution in [0.4, 0.5) is 0 Å². The van der Waals surface area contributed by atoms with Gasteiger partial charge in [0, 0.05) is 13.1 Å². The Balaban J connectivity index is 1.54. The quantitative estimate of drug-likeness (QED) is 0.717. The van der Waals surface area contributed by atoms with Gasteiger partial charge in [0.1, 0.15) is 6.10 Å². The lowest BCUT2D eigenvalue weighted by Crippen LogP contribution is -2.46. The molecule has 1 aliphatic carbocycles. The molecule has 3 heteroatoms. The van der Waals surface area contributed by atoms with Crippen LogP contribution < -0.4 is 0 Å². The highest BCUT2D eigenvalue weighted by molar-refractivity contribution is 5.81. The van der Waals surface area contributed by atoms with Crippen LogP contribution in [0.1, 0.15) is 58.3 Å². The Hall–Kier alpha value is -0.570. The van der Waals surface area contributed by atoms with Gasteiger partial charge in [-0.15, -0.1) is 0 Å². The van der Waals surface area contributed by atoms with Gasteiger partial charge in [0.25, 0.3) is 5.91 Å². The number of hydrogen-bond donors (Lipinski definition) is 0. The number of amides is 1. The summed E-state index contributed by atoms with van der Waals surface area (Å²) in [4.78, 5) is 14.4. The van der Waals surface area contributed by atoms with Gasteiger partial charge in [0.15, 0.2) is 0 Å². The summed E-state index contributed by atoms with van der Waals surface area (Å²) in [5.41, 5.74) is 0.598. The van der Waals surface area contributed by atoms with Crippen molar-refractivity contribution in [3.8, 4) is 0 Å². The first kappa shape index (κ1) is 12.5. The fourth-order valence-electron chi connectivity index (χ4n) is 4.01. The highest BCUT2D eigenvalue weighted by Crippen LogP contribution is 2.46. The van der Waals surface area contributed by atoms with E-state index in [4.69, 9.17) is 4.74 Å². The van der Waals surface area contributed by atoms with E-state index in [1.807, 2.05) is 0 Å². The lowest BCUT2D eigenvalue weighted by Gasteiger charge is -2.40. The summed E-state index contributed by atoms with van der Waals surface area (Å²) in [7, 11) is 0. The monoisotopic (exact) mass is 251 g/mol. The molecule has 18 heavy (non-hydrogen) atoms. The second-order valence-electron chi connectivity index (χ2n) is 6.55. The number of carbonyl (C=O) groups is 1. The molecule has 0 bridgehead atoms. The summed E-state index contributed by atoms with van der Waals surface area (Å²) in [6.07, 6.45) is 10.1. The number of rotatable bonds is 1. The van der Waals surface area contributed by atoms with E-state index in [1.165, 1.54) is 38.5 Å². The van der Waals surface area contributed by atoms with Gasteiger partial charge in [-0.3, -0.25) is 4.79 Å². The molecule has 3 aliphatic rings. The standard InChI is InChI=1S/C15H25NO2/c1-12-4-5-13(18-12)14(17)16-10-8-15(9-11-16)6-2-3-7-15/h12-13H,2-11H2,1H3/t12-,13-/m0/s1. The van der Waals surface area contributed by atoms with Crippen molar-refractivity contribution in [2.24, 2.45) is 5.41 Å². The first-order valence-electron chi connectivity index (χ1n) is 7.63. The Kier molecular flexibility index (Phi) is 3.35. The van der Waals surface area contributed by atoms with Crippen LogP contribution in [0.25, 0.3) is 0 Å². The molecule has 0 aromatic heterocycles. The molecule has 3 fully saturated rings. The third kappa shape index (κ3) is 2.29. The van der Waals surface area contributed by atoms with Gasteiger partial charge in [-0.2, -0.15) is 0 Å². The lowest BCUT2D eigenvalue weighted by atomic mass is 9.77. The molecule has 102 valence electrons. The minimum absolute atomic E-state index is 0.141. The normalized spacial score (nSPS) is 35.3. The predicted molar refractivity (Wildman–Crippen MR) is 70.3 cm³/mol. The maximum atomic E-state index is 12.4. The van der Waals surface area contributed by atoms with Crippen molar-refractivity contribution in [2.45, 2.75) is 70.5 Å². The molecular weight excluding hydrogens is 226 g/mol. The van der Waals surface area contributed by atoms with Crippen LogP contribution >= 0.6 is 0 Å². The fourth-order valence-corrected chi connectivity index (χ4v) is 4.01. The highest BCUT2D eigenvalue weighted by atomic mass is 16.5. The van der Waals surface area contributed by atoms with Crippen LogP contribution in [0.5, 0.6) is 0 Å². The van der Waals surface area contributed by atoms with Crippen LogP contribution in [0.3, 0.4) is 0 Å². The Bertz CT molecular complexity index is 312. The van der Waals surface area contributed by atoms with Gasteiger partial charge in [-0.25, -0.2) is 0 Å². The van der Waals surface area contributed by atoms with Crippen molar-refractivity contribution in [3.63, 3.8) is 0 Å². The number of likely N-dealkylation sites (tertiary alicyclic amines) is 1. The van der Waals surface area contributed by atoms with Gasteiger partial charge in [-0.05, 0) is 50.9 Å². The third-order valence-corrected chi connectivity index (χ3v) is 5.31. The van der Waals surface area contributed by atoms with Crippen molar-refractivity contribution in [1.29, 1.82) is 0 Å². The summed E-state index contributed by atoms with van der Waals surface area (Å²) in [5.74, 6) is 0.257. The largest absolute Gasteiger partial charge is 0.365 e. The zero-order valence-electron chi connectivity index (χ0n) is 11.5. The van der Waals surface area contributed by atoms with Crippen molar-refractivity contribution in [2.75, 3.05) is 13.1 Å². The van der Waals surface area contributed by atoms with Crippen LogP contribution in [0.2, 0.25) is 0 Å². The van der Waals surface area contributed by atoms with E-state index in [1.54, 1.807) is 0 Å². The first-order chi connectivity index (χ1) is 8.69. The number of hydrogen-bond acceptors (Lipinski definition) is 2. The van der Waals surface area contributed by atoms with E-state index in [0.29, 0.717) is 5.41 Å². The molecule has 3 rings (SSSR count). The molecule has 1 spiro atoms. The maximum Gasteiger partial charge on any atom is 0.251 e. The average molecular weight is 251 g/mol. The van der Waals surface area contributed by atoms with E-state index in [9.17, 15) is 4.79 Å². The Morgan fingerprint density at radius 2 is 1.78 bits per heavy atom. The van der Waals surface area contributed by atoms with Crippen LogP contribution in [0, 0.1) is 5.41 Å². The summed E-state index contributed by atoms with van der Waals surface area (Å²) in [6.45, 7) is 4.00. The van der Waals surface area contributed by atoms with Gasteiger partial charge >= 0.3 is 0 Å². The fraction of sp³-hybridized carbons (Fsp3) is 0.933. The van der Waals surface area contributed by atoms with Gasteiger partial charge < -0.3 is 9.64 Å². The molecule has 2 aliphatic heterocycles. The number of nitrogens with zero attached hydrogens (tertiary/aromatic N) is 1. The third-order valence-electron chi connectivity index (χ3n) is 5.31. The highest BCUT2D eigenvalue weighted by Gasteiger charge is 2.40. The SMILES string of the molecule is C[C@H]1CC[C@@H](C(=O)N2CCC3(CCCC3)CC2)O1. The van der Waals surface area contributed by atoms with Crippen LogP contribution in [-0.4, -0.2) is 36.1 Å². The number of carbonyl (C=O) groups excluding carboxylic acids is 1. The molecule has 0 radical (unpaired) electrons. The summed E-state index contributed by atoms with van der Waals surface area (Å²) >= 11 is 0. The second kappa shape index (κ2) is 4.84. The van der Waals surface area contributed by atoms with Crippen LogP contribution in [-0.2, 0) is 9.53 Å². The van der Waals surface area contributed by atoms with Gasteiger partial charge in [0.2, 0.25) is 0 Å². The molecule has 0 unspecified atom stereocenters.